The summed E-state index contributed by atoms with van der Waals surface area (Å²) in [5, 5.41) is 1.26. The molecule has 2 nitrogen and oxygen atoms in total. The first-order valence-electron chi connectivity index (χ1n) is 4.78. The third kappa shape index (κ3) is 1.28. The van der Waals surface area contributed by atoms with Crippen molar-refractivity contribution in [3.8, 4) is 0 Å². The fourth-order valence-electron chi connectivity index (χ4n) is 1.90. The molecule has 1 aliphatic carbocycles. The molecule has 1 fully saturated rings. The molecule has 3 N–H and O–H groups in total. The van der Waals surface area contributed by atoms with Crippen molar-refractivity contribution in [1.82, 2.24) is 4.98 Å². The molecule has 1 aliphatic rings. The smallest absolute Gasteiger partial charge is 0.0456 e. The summed E-state index contributed by atoms with van der Waals surface area (Å²) in [6.45, 7) is 0. The molecule has 0 radical (unpaired) electrons. The molecule has 2 atom stereocenters. The molecule has 0 amide bonds. The van der Waals surface area contributed by atoms with Crippen molar-refractivity contribution in [1.29, 1.82) is 0 Å². The lowest BCUT2D eigenvalue weighted by Gasteiger charge is -1.90. The van der Waals surface area contributed by atoms with Crippen LogP contribution < -0.4 is 5.73 Å². The lowest BCUT2D eigenvalue weighted by atomic mass is 10.2. The maximum absolute atomic E-state index is 5.82. The van der Waals surface area contributed by atoms with Crippen LogP contribution in [-0.4, -0.2) is 11.0 Å². The van der Waals surface area contributed by atoms with E-state index in [-0.39, 0.29) is 0 Å². The van der Waals surface area contributed by atoms with Crippen molar-refractivity contribution < 1.29 is 0 Å². The van der Waals surface area contributed by atoms with Crippen LogP contribution in [0, 0.1) is 0 Å². The van der Waals surface area contributed by atoms with Gasteiger partial charge in [-0.05, 0) is 30.7 Å². The molecule has 3 heteroatoms. The first kappa shape index (κ1) is 8.50. The second-order valence-corrected chi connectivity index (χ2v) is 4.88. The molecule has 0 saturated heterocycles. The number of halogens is 1. The van der Waals surface area contributed by atoms with Crippen molar-refractivity contribution in [2.75, 3.05) is 0 Å². The number of rotatable bonds is 1. The molecular formula is C11H11BrN2. The zero-order chi connectivity index (χ0) is 9.71. The quantitative estimate of drug-likeness (QED) is 0.803. The van der Waals surface area contributed by atoms with Crippen molar-refractivity contribution in [2.45, 2.75) is 18.4 Å². The number of benzene rings is 1. The van der Waals surface area contributed by atoms with Crippen molar-refractivity contribution >= 4 is 26.8 Å². The average molecular weight is 251 g/mol. The number of aromatic amines is 1. The minimum atomic E-state index is 0.367. The van der Waals surface area contributed by atoms with Gasteiger partial charge >= 0.3 is 0 Å². The van der Waals surface area contributed by atoms with Gasteiger partial charge < -0.3 is 10.7 Å². The second-order valence-electron chi connectivity index (χ2n) is 3.96. The van der Waals surface area contributed by atoms with Crippen molar-refractivity contribution in [2.24, 2.45) is 5.73 Å². The van der Waals surface area contributed by atoms with E-state index in [0.717, 1.165) is 10.9 Å². The van der Waals surface area contributed by atoms with E-state index in [4.69, 9.17) is 5.73 Å². The Morgan fingerprint density at radius 3 is 2.86 bits per heavy atom. The zero-order valence-corrected chi connectivity index (χ0v) is 9.21. The molecule has 1 aromatic carbocycles. The number of hydrogen-bond acceptors (Lipinski definition) is 1. The molecule has 0 unspecified atom stereocenters. The molecule has 1 saturated carbocycles. The highest BCUT2D eigenvalue weighted by molar-refractivity contribution is 9.10. The normalized spacial score (nSPS) is 25.6. The van der Waals surface area contributed by atoms with E-state index < -0.39 is 0 Å². The van der Waals surface area contributed by atoms with Gasteiger partial charge in [0, 0.05) is 33.0 Å². The predicted octanol–water partition coefficient (Wildman–Crippen LogP) is 2.75. The van der Waals surface area contributed by atoms with Gasteiger partial charge in [0.15, 0.2) is 0 Å². The molecule has 0 spiro atoms. The largest absolute Gasteiger partial charge is 0.358 e. The molecule has 1 heterocycles. The molecule has 3 rings (SSSR count). The molecule has 14 heavy (non-hydrogen) atoms. The molecule has 0 aliphatic heterocycles. The van der Waals surface area contributed by atoms with Gasteiger partial charge in [0.05, 0.1) is 0 Å². The molecular weight excluding hydrogens is 240 g/mol. The van der Waals surface area contributed by atoms with Crippen molar-refractivity contribution in [3.05, 3.63) is 34.4 Å². The Morgan fingerprint density at radius 1 is 1.36 bits per heavy atom. The van der Waals surface area contributed by atoms with Crippen LogP contribution in [0.25, 0.3) is 10.9 Å². The number of nitrogens with two attached hydrogens (primary N) is 1. The highest BCUT2D eigenvalue weighted by Gasteiger charge is 2.35. The maximum atomic E-state index is 5.82. The number of hydrogen-bond donors (Lipinski definition) is 2. The summed E-state index contributed by atoms with van der Waals surface area (Å²) in [5.74, 6) is 0.557. The van der Waals surface area contributed by atoms with Crippen LogP contribution in [0.3, 0.4) is 0 Å². The highest BCUT2D eigenvalue weighted by atomic mass is 79.9. The van der Waals surface area contributed by atoms with Gasteiger partial charge in [0.25, 0.3) is 0 Å². The minimum Gasteiger partial charge on any atom is -0.358 e. The van der Waals surface area contributed by atoms with E-state index in [1.165, 1.54) is 16.6 Å². The van der Waals surface area contributed by atoms with Gasteiger partial charge in [-0.1, -0.05) is 15.9 Å². The monoisotopic (exact) mass is 250 g/mol. The number of H-pyrrole nitrogens is 1. The Labute approximate surface area is 90.6 Å². The van der Waals surface area contributed by atoms with E-state index >= 15 is 0 Å². The van der Waals surface area contributed by atoms with Crippen molar-refractivity contribution in [3.63, 3.8) is 0 Å². The molecule has 2 aromatic rings. The molecule has 0 bridgehead atoms. The van der Waals surface area contributed by atoms with E-state index in [9.17, 15) is 0 Å². The van der Waals surface area contributed by atoms with E-state index in [1.807, 2.05) is 0 Å². The predicted molar refractivity (Wildman–Crippen MR) is 61.3 cm³/mol. The summed E-state index contributed by atoms with van der Waals surface area (Å²) < 4.78 is 1.12. The number of nitrogens with one attached hydrogen (secondary N) is 1. The van der Waals surface area contributed by atoms with Crippen LogP contribution in [0.4, 0.5) is 0 Å². The van der Waals surface area contributed by atoms with Crippen LogP contribution in [0.2, 0.25) is 0 Å². The van der Waals surface area contributed by atoms with Crippen LogP contribution in [0.1, 0.15) is 18.0 Å². The fourth-order valence-corrected chi connectivity index (χ4v) is 2.28. The summed E-state index contributed by atoms with van der Waals surface area (Å²) >= 11 is 3.47. The molecule has 72 valence electrons. The Morgan fingerprint density at radius 2 is 2.14 bits per heavy atom. The lowest BCUT2D eigenvalue weighted by molar-refractivity contribution is 0.963. The zero-order valence-electron chi connectivity index (χ0n) is 7.63. The average Bonchev–Trinajstić information content (AvgIpc) is 2.75. The summed E-state index contributed by atoms with van der Waals surface area (Å²) in [4.78, 5) is 3.41. The SMILES string of the molecule is N[C@@H]1C[C@H]1c1cc2cc(Br)ccc2[nH]1. The van der Waals surface area contributed by atoms with Crippen LogP contribution in [0.5, 0.6) is 0 Å². The number of fused-ring (bicyclic) bond motifs is 1. The van der Waals surface area contributed by atoms with Gasteiger partial charge in [0.1, 0.15) is 0 Å². The van der Waals surface area contributed by atoms with E-state index in [1.54, 1.807) is 0 Å². The Hall–Kier alpha value is -0.800. The minimum absolute atomic E-state index is 0.367. The lowest BCUT2D eigenvalue weighted by Crippen LogP contribution is -2.00. The van der Waals surface area contributed by atoms with Gasteiger partial charge in [0.2, 0.25) is 0 Å². The third-order valence-electron chi connectivity index (χ3n) is 2.84. The first-order valence-corrected chi connectivity index (χ1v) is 5.57. The maximum Gasteiger partial charge on any atom is 0.0456 e. The third-order valence-corrected chi connectivity index (χ3v) is 3.34. The highest BCUT2D eigenvalue weighted by Crippen LogP contribution is 2.39. The van der Waals surface area contributed by atoms with Gasteiger partial charge in [-0.15, -0.1) is 0 Å². The van der Waals surface area contributed by atoms with E-state index in [2.05, 4.69) is 45.2 Å². The standard InChI is InChI=1S/C11H11BrN2/c12-7-1-2-10-6(3-7)4-11(14-10)8-5-9(8)13/h1-4,8-9,14H,5,13H2/t8-,9-/m1/s1. The van der Waals surface area contributed by atoms with Gasteiger partial charge in [-0.3, -0.25) is 0 Å². The summed E-state index contributed by atoms with van der Waals surface area (Å²) in [5.41, 5.74) is 8.30. The summed E-state index contributed by atoms with van der Waals surface area (Å²) in [6.07, 6.45) is 1.12. The Balaban J connectivity index is 2.11. The first-order chi connectivity index (χ1) is 6.74. The van der Waals surface area contributed by atoms with Gasteiger partial charge in [-0.2, -0.15) is 0 Å². The Kier molecular flexibility index (Phi) is 1.73. The Bertz CT molecular complexity index is 489. The van der Waals surface area contributed by atoms with Gasteiger partial charge in [-0.25, -0.2) is 0 Å². The molecule has 1 aromatic heterocycles. The topological polar surface area (TPSA) is 41.8 Å². The van der Waals surface area contributed by atoms with E-state index in [0.29, 0.717) is 12.0 Å². The number of aromatic nitrogens is 1. The summed E-state index contributed by atoms with van der Waals surface area (Å²) in [6, 6.07) is 8.85. The second kappa shape index (κ2) is 2.84. The van der Waals surface area contributed by atoms with Crippen LogP contribution in [-0.2, 0) is 0 Å². The fraction of sp³-hybridized carbons (Fsp3) is 0.273. The van der Waals surface area contributed by atoms with Crippen LogP contribution in [0.15, 0.2) is 28.7 Å². The summed E-state index contributed by atoms with van der Waals surface area (Å²) in [7, 11) is 0. The van der Waals surface area contributed by atoms with Crippen LogP contribution >= 0.6 is 15.9 Å².